The van der Waals surface area contributed by atoms with Crippen LogP contribution in [-0.4, -0.2) is 28.2 Å². The number of ether oxygens (including phenoxy) is 1. The second-order valence-corrected chi connectivity index (χ2v) is 10.5. The van der Waals surface area contributed by atoms with Gasteiger partial charge in [0, 0.05) is 36.6 Å². The molecule has 1 aliphatic carbocycles. The first-order valence-corrected chi connectivity index (χ1v) is 13.1. The van der Waals surface area contributed by atoms with Gasteiger partial charge >= 0.3 is 5.97 Å². The molecule has 200 valence electrons. The Hall–Kier alpha value is -2.10. The van der Waals surface area contributed by atoms with Gasteiger partial charge in [-0.2, -0.15) is 0 Å². The van der Waals surface area contributed by atoms with Crippen molar-refractivity contribution in [1.29, 1.82) is 0 Å². The predicted molar refractivity (Wildman–Crippen MR) is 135 cm³/mol. The lowest BCUT2D eigenvalue weighted by atomic mass is 9.72. The predicted octanol–water partition coefficient (Wildman–Crippen LogP) is 2.55. The van der Waals surface area contributed by atoms with Gasteiger partial charge in [-0.1, -0.05) is 58.4 Å². The lowest BCUT2D eigenvalue weighted by Gasteiger charge is -2.39. The molecule has 2 atom stereocenters. The zero-order chi connectivity index (χ0) is 25.8. The third-order valence-electron chi connectivity index (χ3n) is 7.06. The first-order chi connectivity index (χ1) is 17.2. The van der Waals surface area contributed by atoms with Crippen LogP contribution in [0.4, 0.5) is 8.78 Å². The van der Waals surface area contributed by atoms with E-state index in [0.717, 1.165) is 16.8 Å². The van der Waals surface area contributed by atoms with E-state index >= 15 is 0 Å². The van der Waals surface area contributed by atoms with Gasteiger partial charge in [-0.15, -0.1) is 0 Å². The monoisotopic (exact) mass is 640 g/mol. The number of rotatable bonds is 9. The Labute approximate surface area is 235 Å². The van der Waals surface area contributed by atoms with Crippen molar-refractivity contribution in [2.24, 2.45) is 5.92 Å². The SMILES string of the molecule is Cc1n(CCCOC(=O)[C@](O)(c2ccccc2)[C@@H]2CCCC(F)(F)C2)cc[n+]1Cc1ccc(Br)cc1.[Br-]. The van der Waals surface area contributed by atoms with Crippen molar-refractivity contribution in [1.82, 2.24) is 4.57 Å². The van der Waals surface area contributed by atoms with Gasteiger partial charge in [-0.05, 0) is 36.1 Å². The molecule has 1 heterocycles. The number of nitrogens with zero attached hydrogens (tertiary/aromatic N) is 2. The molecule has 1 N–H and O–H groups in total. The summed E-state index contributed by atoms with van der Waals surface area (Å²) >= 11 is 3.45. The first kappa shape index (κ1) is 29.5. The molecule has 0 amide bonds. The number of imidazole rings is 1. The van der Waals surface area contributed by atoms with E-state index < -0.39 is 29.8 Å². The number of aromatic nitrogens is 2. The molecule has 9 heteroatoms. The van der Waals surface area contributed by atoms with Crippen LogP contribution in [0.5, 0.6) is 0 Å². The highest BCUT2D eigenvalue weighted by atomic mass is 79.9. The minimum Gasteiger partial charge on any atom is -1.00 e. The van der Waals surface area contributed by atoms with E-state index in [1.807, 2.05) is 31.5 Å². The molecule has 1 saturated carbocycles. The quantitative estimate of drug-likeness (QED) is 0.222. The van der Waals surface area contributed by atoms with Crippen molar-refractivity contribution >= 4 is 21.9 Å². The largest absolute Gasteiger partial charge is 1.00 e. The molecule has 0 saturated heterocycles. The summed E-state index contributed by atoms with van der Waals surface area (Å²) in [5, 5.41) is 11.5. The molecule has 4 rings (SSSR count). The van der Waals surface area contributed by atoms with Crippen LogP contribution in [0.3, 0.4) is 0 Å². The molecule has 3 aromatic rings. The molecule has 0 unspecified atom stereocenters. The number of alkyl halides is 2. The minimum atomic E-state index is -2.90. The standard InChI is InChI=1S/C28H32BrF2N2O3.BrH/c1-21-32(16-17-33(21)20-22-10-12-25(29)13-11-22)15-6-18-36-26(34)28(35,23-7-3-2-4-8-23)24-9-5-14-27(30,31)19-24;/h2-4,7-8,10-13,16-17,24,35H,5-6,9,14-15,18-20H2,1H3;1H/q+1;/p-1/t24-,28+;/m1./s1. The highest BCUT2D eigenvalue weighted by Gasteiger charge is 2.52. The van der Waals surface area contributed by atoms with Gasteiger partial charge < -0.3 is 26.8 Å². The third-order valence-corrected chi connectivity index (χ3v) is 7.59. The van der Waals surface area contributed by atoms with Crippen molar-refractivity contribution in [3.8, 4) is 0 Å². The summed E-state index contributed by atoms with van der Waals surface area (Å²) in [5.74, 6) is -3.59. The van der Waals surface area contributed by atoms with Crippen LogP contribution >= 0.6 is 15.9 Å². The van der Waals surface area contributed by atoms with Crippen LogP contribution in [0.15, 0.2) is 71.5 Å². The Morgan fingerprint density at radius 1 is 1.22 bits per heavy atom. The van der Waals surface area contributed by atoms with Gasteiger partial charge in [-0.25, -0.2) is 22.7 Å². The maximum atomic E-state index is 14.2. The minimum absolute atomic E-state index is 0. The van der Waals surface area contributed by atoms with E-state index in [1.54, 1.807) is 30.3 Å². The highest BCUT2D eigenvalue weighted by molar-refractivity contribution is 9.10. The van der Waals surface area contributed by atoms with Crippen LogP contribution < -0.4 is 21.5 Å². The van der Waals surface area contributed by atoms with Crippen LogP contribution in [0, 0.1) is 12.8 Å². The van der Waals surface area contributed by atoms with E-state index in [4.69, 9.17) is 4.74 Å². The number of aliphatic hydroxyl groups is 1. The van der Waals surface area contributed by atoms with E-state index in [9.17, 15) is 18.7 Å². The van der Waals surface area contributed by atoms with E-state index in [-0.39, 0.29) is 36.4 Å². The molecule has 1 aliphatic rings. The highest BCUT2D eigenvalue weighted by Crippen LogP contribution is 2.45. The van der Waals surface area contributed by atoms with E-state index in [0.29, 0.717) is 24.9 Å². The summed E-state index contributed by atoms with van der Waals surface area (Å²) < 4.78 is 39.1. The smallest absolute Gasteiger partial charge is 0.343 e. The average Bonchev–Trinajstić information content (AvgIpc) is 3.21. The van der Waals surface area contributed by atoms with Crippen LogP contribution in [-0.2, 0) is 28.2 Å². The molecule has 0 bridgehead atoms. The summed E-state index contributed by atoms with van der Waals surface area (Å²) in [4.78, 5) is 13.2. The number of aryl methyl sites for hydroxylation is 1. The Bertz CT molecular complexity index is 1170. The summed E-state index contributed by atoms with van der Waals surface area (Å²) in [6.45, 7) is 3.48. The number of carbonyl (C=O) groups is 1. The van der Waals surface area contributed by atoms with Crippen molar-refractivity contribution in [3.63, 3.8) is 0 Å². The zero-order valence-electron chi connectivity index (χ0n) is 20.8. The molecule has 1 fully saturated rings. The normalized spacial score (nSPS) is 18.5. The second-order valence-electron chi connectivity index (χ2n) is 9.56. The average molecular weight is 642 g/mol. The number of esters is 1. The summed E-state index contributed by atoms with van der Waals surface area (Å²) in [6.07, 6.45) is 4.38. The van der Waals surface area contributed by atoms with Crippen LogP contribution in [0.2, 0.25) is 0 Å². The maximum absolute atomic E-state index is 14.2. The fourth-order valence-corrected chi connectivity index (χ4v) is 5.25. The summed E-state index contributed by atoms with van der Waals surface area (Å²) in [6, 6.07) is 16.5. The lowest BCUT2D eigenvalue weighted by molar-refractivity contribution is -0.694. The molecule has 2 aromatic carbocycles. The zero-order valence-corrected chi connectivity index (χ0v) is 23.9. The molecule has 5 nitrogen and oxygen atoms in total. The number of hydrogen-bond donors (Lipinski definition) is 1. The number of hydrogen-bond acceptors (Lipinski definition) is 3. The maximum Gasteiger partial charge on any atom is 0.343 e. The van der Waals surface area contributed by atoms with Gasteiger partial charge in [0.25, 0.3) is 5.82 Å². The fraction of sp³-hybridized carbons (Fsp3) is 0.429. The van der Waals surface area contributed by atoms with Gasteiger partial charge in [-0.3, -0.25) is 0 Å². The molecule has 0 aliphatic heterocycles. The van der Waals surface area contributed by atoms with Crippen LogP contribution in [0.1, 0.15) is 49.1 Å². The Balaban J connectivity index is 0.00000380. The topological polar surface area (TPSA) is 55.3 Å². The first-order valence-electron chi connectivity index (χ1n) is 12.3. The van der Waals surface area contributed by atoms with Crippen LogP contribution in [0.25, 0.3) is 0 Å². The molecular weight excluding hydrogens is 610 g/mol. The molecule has 0 spiro atoms. The van der Waals surface area contributed by atoms with E-state index in [1.165, 1.54) is 5.56 Å². The molecule has 37 heavy (non-hydrogen) atoms. The van der Waals surface area contributed by atoms with E-state index in [2.05, 4.69) is 37.2 Å². The Kier molecular flexibility index (Phi) is 10.1. The van der Waals surface area contributed by atoms with Crippen molar-refractivity contribution < 1.29 is 45.0 Å². The van der Waals surface area contributed by atoms with Crippen molar-refractivity contribution in [2.75, 3.05) is 6.61 Å². The number of benzene rings is 2. The van der Waals surface area contributed by atoms with Gasteiger partial charge in [0.05, 0.1) is 13.2 Å². The summed E-state index contributed by atoms with van der Waals surface area (Å²) in [5.41, 5.74) is -0.610. The van der Waals surface area contributed by atoms with Gasteiger partial charge in [0.1, 0.15) is 18.9 Å². The lowest BCUT2D eigenvalue weighted by Crippen LogP contribution is -3.00. The molecular formula is C28H32Br2F2N2O3. The number of carbonyl (C=O) groups excluding carboxylic acids is 1. The summed E-state index contributed by atoms with van der Waals surface area (Å²) in [7, 11) is 0. The fourth-order valence-electron chi connectivity index (χ4n) is 4.98. The molecule has 0 radical (unpaired) electrons. The van der Waals surface area contributed by atoms with Crippen molar-refractivity contribution in [2.45, 2.75) is 63.6 Å². The Morgan fingerprint density at radius 2 is 1.92 bits per heavy atom. The third kappa shape index (κ3) is 7.06. The van der Waals surface area contributed by atoms with Gasteiger partial charge in [0.2, 0.25) is 5.92 Å². The Morgan fingerprint density at radius 3 is 2.59 bits per heavy atom. The number of halogens is 4. The second kappa shape index (κ2) is 12.6. The van der Waals surface area contributed by atoms with Gasteiger partial charge in [0.15, 0.2) is 5.60 Å². The molecule has 1 aromatic heterocycles. The van der Waals surface area contributed by atoms with Crippen molar-refractivity contribution in [3.05, 3.63) is 88.4 Å².